The van der Waals surface area contributed by atoms with E-state index in [0.29, 0.717) is 19.5 Å². The molecular formula is C16H22N2O3. The van der Waals surface area contributed by atoms with Crippen LogP contribution in [0.2, 0.25) is 0 Å². The van der Waals surface area contributed by atoms with Gasteiger partial charge in [0.2, 0.25) is 11.8 Å². The number of carbonyl (C=O) groups excluding carboxylic acids is 2. The Morgan fingerprint density at radius 3 is 2.67 bits per heavy atom. The summed E-state index contributed by atoms with van der Waals surface area (Å²) < 4.78 is 5.51. The van der Waals surface area contributed by atoms with Crippen molar-refractivity contribution >= 4 is 11.8 Å². The zero-order valence-electron chi connectivity index (χ0n) is 12.2. The molecule has 0 bridgehead atoms. The minimum atomic E-state index is -0.391. The van der Waals surface area contributed by atoms with Crippen LogP contribution in [0.1, 0.15) is 31.2 Å². The molecule has 2 N–H and O–H groups in total. The van der Waals surface area contributed by atoms with E-state index in [1.54, 1.807) is 4.90 Å². The van der Waals surface area contributed by atoms with E-state index in [1.165, 1.54) is 0 Å². The van der Waals surface area contributed by atoms with Crippen LogP contribution in [0.3, 0.4) is 0 Å². The number of nitrogens with zero attached hydrogens (tertiary/aromatic N) is 1. The number of amides is 2. The normalized spacial score (nSPS) is 17.6. The summed E-state index contributed by atoms with van der Waals surface area (Å²) in [4.78, 5) is 25.1. The average molecular weight is 290 g/mol. The topological polar surface area (TPSA) is 72.6 Å². The van der Waals surface area contributed by atoms with Crippen molar-refractivity contribution < 1.29 is 14.3 Å². The lowest BCUT2D eigenvalue weighted by atomic mass is 10.1. The van der Waals surface area contributed by atoms with E-state index in [-0.39, 0.29) is 18.4 Å². The molecule has 1 fully saturated rings. The van der Waals surface area contributed by atoms with E-state index in [0.717, 1.165) is 25.0 Å². The summed E-state index contributed by atoms with van der Waals surface area (Å²) in [7, 11) is 0. The highest BCUT2D eigenvalue weighted by Gasteiger charge is 2.23. The Kier molecular flexibility index (Phi) is 5.75. The Labute approximate surface area is 125 Å². The quantitative estimate of drug-likeness (QED) is 0.826. The summed E-state index contributed by atoms with van der Waals surface area (Å²) in [6.07, 6.45) is 2.53. The van der Waals surface area contributed by atoms with Crippen molar-refractivity contribution in [3.8, 4) is 0 Å². The van der Waals surface area contributed by atoms with E-state index in [9.17, 15) is 9.59 Å². The van der Waals surface area contributed by atoms with E-state index >= 15 is 0 Å². The standard InChI is InChI=1S/C16H22N2O3/c17-15(19)8-9-18(12-13-5-2-1-3-6-13)16(20)11-14-7-4-10-21-14/h1-3,5-6,14H,4,7-12H2,(H2,17,19). The highest BCUT2D eigenvalue weighted by atomic mass is 16.5. The number of primary amides is 1. The molecule has 2 amide bonds. The summed E-state index contributed by atoms with van der Waals surface area (Å²) in [6.45, 7) is 1.59. The van der Waals surface area contributed by atoms with Crippen LogP contribution in [0.5, 0.6) is 0 Å². The van der Waals surface area contributed by atoms with Crippen LogP contribution in [0.25, 0.3) is 0 Å². The van der Waals surface area contributed by atoms with Gasteiger partial charge in [-0.3, -0.25) is 9.59 Å². The van der Waals surface area contributed by atoms with Crippen molar-refractivity contribution in [2.24, 2.45) is 5.73 Å². The van der Waals surface area contributed by atoms with Gasteiger partial charge in [0.1, 0.15) is 0 Å². The number of ether oxygens (including phenoxy) is 1. The molecule has 0 aliphatic carbocycles. The molecule has 1 aliphatic rings. The van der Waals surface area contributed by atoms with Crippen LogP contribution in [-0.4, -0.2) is 36.0 Å². The Morgan fingerprint density at radius 2 is 2.05 bits per heavy atom. The van der Waals surface area contributed by atoms with Crippen LogP contribution in [0.4, 0.5) is 0 Å². The molecule has 0 aromatic heterocycles. The first-order valence-electron chi connectivity index (χ1n) is 7.37. The van der Waals surface area contributed by atoms with Crippen molar-refractivity contribution in [3.63, 3.8) is 0 Å². The van der Waals surface area contributed by atoms with Gasteiger partial charge in [-0.2, -0.15) is 0 Å². The molecular weight excluding hydrogens is 268 g/mol. The van der Waals surface area contributed by atoms with Crippen molar-refractivity contribution in [2.45, 2.75) is 38.3 Å². The molecule has 114 valence electrons. The van der Waals surface area contributed by atoms with E-state index in [2.05, 4.69) is 0 Å². The molecule has 1 heterocycles. The molecule has 0 saturated carbocycles. The Bertz CT molecular complexity index is 470. The highest BCUT2D eigenvalue weighted by Crippen LogP contribution is 2.17. The maximum atomic E-state index is 12.4. The molecule has 2 rings (SSSR count). The molecule has 0 radical (unpaired) electrons. The van der Waals surface area contributed by atoms with Gasteiger partial charge >= 0.3 is 0 Å². The zero-order valence-corrected chi connectivity index (χ0v) is 12.2. The number of hydrogen-bond donors (Lipinski definition) is 1. The molecule has 21 heavy (non-hydrogen) atoms. The number of nitrogens with two attached hydrogens (primary N) is 1. The third-order valence-corrected chi connectivity index (χ3v) is 3.62. The monoisotopic (exact) mass is 290 g/mol. The fraction of sp³-hybridized carbons (Fsp3) is 0.500. The SMILES string of the molecule is NC(=O)CCN(Cc1ccccc1)C(=O)CC1CCCO1. The van der Waals surface area contributed by atoms with Gasteiger partial charge in [-0.05, 0) is 18.4 Å². The molecule has 1 saturated heterocycles. The van der Waals surface area contributed by atoms with Gasteiger partial charge in [-0.25, -0.2) is 0 Å². The lowest BCUT2D eigenvalue weighted by Gasteiger charge is -2.23. The van der Waals surface area contributed by atoms with Crippen LogP contribution in [0.15, 0.2) is 30.3 Å². The summed E-state index contributed by atoms with van der Waals surface area (Å²) >= 11 is 0. The Morgan fingerprint density at radius 1 is 1.29 bits per heavy atom. The van der Waals surface area contributed by atoms with Crippen molar-refractivity contribution in [2.75, 3.05) is 13.2 Å². The molecule has 1 aromatic carbocycles. The number of hydrogen-bond acceptors (Lipinski definition) is 3. The van der Waals surface area contributed by atoms with Gasteiger partial charge in [0.05, 0.1) is 12.5 Å². The Hall–Kier alpha value is -1.88. The summed E-state index contributed by atoms with van der Waals surface area (Å²) in [5.74, 6) is -0.370. The minimum absolute atomic E-state index is 0.0179. The smallest absolute Gasteiger partial charge is 0.225 e. The second kappa shape index (κ2) is 7.78. The third-order valence-electron chi connectivity index (χ3n) is 3.62. The van der Waals surface area contributed by atoms with Crippen LogP contribution in [-0.2, 0) is 20.9 Å². The maximum absolute atomic E-state index is 12.4. The first kappa shape index (κ1) is 15.5. The number of carbonyl (C=O) groups is 2. The maximum Gasteiger partial charge on any atom is 0.225 e. The van der Waals surface area contributed by atoms with Crippen LogP contribution < -0.4 is 5.73 Å². The van der Waals surface area contributed by atoms with Crippen LogP contribution >= 0.6 is 0 Å². The molecule has 5 heteroatoms. The molecule has 0 spiro atoms. The molecule has 1 atom stereocenters. The van der Waals surface area contributed by atoms with Gasteiger partial charge in [-0.1, -0.05) is 30.3 Å². The van der Waals surface area contributed by atoms with Crippen molar-refractivity contribution in [1.82, 2.24) is 4.90 Å². The lowest BCUT2D eigenvalue weighted by Crippen LogP contribution is -2.35. The molecule has 5 nitrogen and oxygen atoms in total. The second-order valence-corrected chi connectivity index (χ2v) is 5.36. The third kappa shape index (κ3) is 5.19. The minimum Gasteiger partial charge on any atom is -0.378 e. The fourth-order valence-corrected chi connectivity index (χ4v) is 2.47. The Balaban J connectivity index is 1.96. The van der Waals surface area contributed by atoms with Crippen LogP contribution in [0, 0.1) is 0 Å². The molecule has 1 aliphatic heterocycles. The fourth-order valence-electron chi connectivity index (χ4n) is 2.47. The predicted molar refractivity (Wildman–Crippen MR) is 79.3 cm³/mol. The van der Waals surface area contributed by atoms with E-state index in [1.807, 2.05) is 30.3 Å². The van der Waals surface area contributed by atoms with Gasteiger partial charge in [0.15, 0.2) is 0 Å². The summed E-state index contributed by atoms with van der Waals surface area (Å²) in [5, 5.41) is 0. The van der Waals surface area contributed by atoms with Gasteiger partial charge < -0.3 is 15.4 Å². The summed E-state index contributed by atoms with van der Waals surface area (Å²) in [5.41, 5.74) is 6.24. The summed E-state index contributed by atoms with van der Waals surface area (Å²) in [6, 6.07) is 9.75. The largest absolute Gasteiger partial charge is 0.378 e. The first-order chi connectivity index (χ1) is 10.1. The zero-order chi connectivity index (χ0) is 15.1. The lowest BCUT2D eigenvalue weighted by molar-refractivity contribution is -0.134. The molecule has 1 unspecified atom stereocenters. The van der Waals surface area contributed by atoms with E-state index < -0.39 is 5.91 Å². The van der Waals surface area contributed by atoms with Gasteiger partial charge in [-0.15, -0.1) is 0 Å². The predicted octanol–water partition coefficient (Wildman–Crippen LogP) is 1.46. The van der Waals surface area contributed by atoms with Crippen molar-refractivity contribution in [1.29, 1.82) is 0 Å². The number of rotatable bonds is 7. The van der Waals surface area contributed by atoms with E-state index in [4.69, 9.17) is 10.5 Å². The van der Waals surface area contributed by atoms with Gasteiger partial charge in [0.25, 0.3) is 0 Å². The average Bonchev–Trinajstić information content (AvgIpc) is 2.97. The highest BCUT2D eigenvalue weighted by molar-refractivity contribution is 5.78. The number of benzene rings is 1. The molecule has 1 aromatic rings. The first-order valence-corrected chi connectivity index (χ1v) is 7.37. The van der Waals surface area contributed by atoms with Gasteiger partial charge in [0, 0.05) is 26.1 Å². The van der Waals surface area contributed by atoms with Crippen molar-refractivity contribution in [3.05, 3.63) is 35.9 Å². The second-order valence-electron chi connectivity index (χ2n) is 5.36.